The van der Waals surface area contributed by atoms with Crippen LogP contribution in [-0.2, 0) is 17.8 Å². The minimum absolute atomic E-state index is 0.450. The molecule has 2 rings (SSSR count). The van der Waals surface area contributed by atoms with E-state index < -0.39 is 0 Å². The fraction of sp³-hybridized carbons (Fsp3) is 0.684. The molecule has 1 N–H and O–H groups in total. The Morgan fingerprint density at radius 2 is 1.71 bits per heavy atom. The average Bonchev–Trinajstić information content (AvgIpc) is 2.45. The highest BCUT2D eigenvalue weighted by Crippen LogP contribution is 2.30. The van der Waals surface area contributed by atoms with Gasteiger partial charge in [0.25, 0.3) is 0 Å². The predicted octanol–water partition coefficient (Wildman–Crippen LogP) is 4.18. The van der Waals surface area contributed by atoms with Crippen LogP contribution < -0.4 is 5.32 Å². The Labute approximate surface area is 130 Å². The van der Waals surface area contributed by atoms with Crippen molar-refractivity contribution in [1.82, 2.24) is 5.32 Å². The Morgan fingerprint density at radius 3 is 2.38 bits per heavy atom. The molecule has 1 aliphatic carbocycles. The Bertz CT molecular complexity index is 408. The lowest BCUT2D eigenvalue weighted by atomic mass is 9.82. The molecule has 0 aromatic heterocycles. The third-order valence-corrected chi connectivity index (χ3v) is 4.55. The van der Waals surface area contributed by atoms with Crippen molar-refractivity contribution in [2.75, 3.05) is 13.1 Å². The van der Waals surface area contributed by atoms with E-state index in [-0.39, 0.29) is 0 Å². The Hall–Kier alpha value is -0.860. The van der Waals surface area contributed by atoms with Crippen molar-refractivity contribution < 1.29 is 4.74 Å². The molecule has 0 aliphatic heterocycles. The van der Waals surface area contributed by atoms with Crippen molar-refractivity contribution in [3.05, 3.63) is 35.4 Å². The minimum atomic E-state index is 0.450. The van der Waals surface area contributed by atoms with Crippen molar-refractivity contribution in [2.45, 2.75) is 59.2 Å². The molecule has 1 aromatic rings. The first kappa shape index (κ1) is 16.5. The zero-order chi connectivity index (χ0) is 15.1. The molecule has 0 radical (unpaired) electrons. The third-order valence-electron chi connectivity index (χ3n) is 4.55. The monoisotopic (exact) mass is 289 g/mol. The van der Waals surface area contributed by atoms with E-state index in [9.17, 15) is 0 Å². The smallest absolute Gasteiger partial charge is 0.0723 e. The number of rotatable bonds is 7. The standard InChI is InChI=1S/C19H31NO/c1-4-20-10-9-17-7-5-6-8-18(17)14-21-19-12-15(2)11-16(3)13-19/h5-8,15-16,19-20H,4,9-14H2,1-3H3. The summed E-state index contributed by atoms with van der Waals surface area (Å²) in [6, 6.07) is 8.72. The number of benzene rings is 1. The molecule has 1 fully saturated rings. The van der Waals surface area contributed by atoms with Gasteiger partial charge in [0.05, 0.1) is 12.7 Å². The summed E-state index contributed by atoms with van der Waals surface area (Å²) in [5.41, 5.74) is 2.79. The van der Waals surface area contributed by atoms with Crippen molar-refractivity contribution in [2.24, 2.45) is 11.8 Å². The highest BCUT2D eigenvalue weighted by atomic mass is 16.5. The van der Waals surface area contributed by atoms with Gasteiger partial charge in [-0.1, -0.05) is 45.0 Å². The van der Waals surface area contributed by atoms with Gasteiger partial charge in [0.1, 0.15) is 0 Å². The molecule has 2 unspecified atom stereocenters. The van der Waals surface area contributed by atoms with Crippen molar-refractivity contribution in [3.63, 3.8) is 0 Å². The van der Waals surface area contributed by atoms with Crippen LogP contribution in [0.3, 0.4) is 0 Å². The van der Waals surface area contributed by atoms with E-state index in [1.54, 1.807) is 0 Å². The van der Waals surface area contributed by atoms with Crippen LogP contribution in [0.25, 0.3) is 0 Å². The zero-order valence-electron chi connectivity index (χ0n) is 13.9. The zero-order valence-corrected chi connectivity index (χ0v) is 13.9. The van der Waals surface area contributed by atoms with Gasteiger partial charge in [-0.05, 0) is 61.7 Å². The highest BCUT2D eigenvalue weighted by Gasteiger charge is 2.24. The topological polar surface area (TPSA) is 21.3 Å². The van der Waals surface area contributed by atoms with Crippen LogP contribution in [0.2, 0.25) is 0 Å². The summed E-state index contributed by atoms with van der Waals surface area (Å²) >= 11 is 0. The minimum Gasteiger partial charge on any atom is -0.374 e. The molecule has 1 aliphatic rings. The second-order valence-electron chi connectivity index (χ2n) is 6.72. The van der Waals surface area contributed by atoms with E-state index >= 15 is 0 Å². The molecule has 0 amide bonds. The van der Waals surface area contributed by atoms with Gasteiger partial charge >= 0.3 is 0 Å². The molecule has 1 aromatic carbocycles. The average molecular weight is 289 g/mol. The fourth-order valence-corrected chi connectivity index (χ4v) is 3.56. The van der Waals surface area contributed by atoms with Crippen LogP contribution in [-0.4, -0.2) is 19.2 Å². The molecular weight excluding hydrogens is 258 g/mol. The number of likely N-dealkylation sites (N-methyl/N-ethyl adjacent to an activating group) is 1. The van der Waals surface area contributed by atoms with Crippen LogP contribution >= 0.6 is 0 Å². The van der Waals surface area contributed by atoms with Crippen molar-refractivity contribution in [1.29, 1.82) is 0 Å². The summed E-state index contributed by atoms with van der Waals surface area (Å²) in [6.07, 6.45) is 5.35. The van der Waals surface area contributed by atoms with Gasteiger partial charge in [0, 0.05) is 0 Å². The molecule has 2 atom stereocenters. The summed E-state index contributed by atoms with van der Waals surface area (Å²) in [5.74, 6) is 1.62. The van der Waals surface area contributed by atoms with Crippen molar-refractivity contribution in [3.8, 4) is 0 Å². The number of nitrogens with one attached hydrogen (secondary N) is 1. The van der Waals surface area contributed by atoms with Crippen LogP contribution in [0.5, 0.6) is 0 Å². The van der Waals surface area contributed by atoms with E-state index in [0.717, 1.165) is 38.0 Å². The first-order chi connectivity index (χ1) is 10.2. The maximum absolute atomic E-state index is 6.24. The lowest BCUT2D eigenvalue weighted by Crippen LogP contribution is -2.26. The molecule has 0 bridgehead atoms. The van der Waals surface area contributed by atoms with E-state index in [1.165, 1.54) is 30.4 Å². The molecule has 2 nitrogen and oxygen atoms in total. The number of ether oxygens (including phenoxy) is 1. The van der Waals surface area contributed by atoms with Gasteiger partial charge in [0.2, 0.25) is 0 Å². The lowest BCUT2D eigenvalue weighted by Gasteiger charge is -2.31. The number of hydrogen-bond donors (Lipinski definition) is 1. The lowest BCUT2D eigenvalue weighted by molar-refractivity contribution is -0.00940. The van der Waals surface area contributed by atoms with Gasteiger partial charge < -0.3 is 10.1 Å². The maximum atomic E-state index is 6.24. The van der Waals surface area contributed by atoms with E-state index in [0.29, 0.717) is 6.10 Å². The molecule has 0 spiro atoms. The summed E-state index contributed by atoms with van der Waals surface area (Å²) in [5, 5.41) is 3.40. The van der Waals surface area contributed by atoms with Gasteiger partial charge in [-0.25, -0.2) is 0 Å². The first-order valence-corrected chi connectivity index (χ1v) is 8.58. The van der Waals surface area contributed by atoms with Crippen LogP contribution in [0.1, 0.15) is 51.2 Å². The van der Waals surface area contributed by atoms with Gasteiger partial charge in [-0.3, -0.25) is 0 Å². The second kappa shape index (κ2) is 8.55. The van der Waals surface area contributed by atoms with Crippen LogP contribution in [0, 0.1) is 11.8 Å². The Kier molecular flexibility index (Phi) is 6.72. The second-order valence-corrected chi connectivity index (χ2v) is 6.72. The number of hydrogen-bond acceptors (Lipinski definition) is 2. The summed E-state index contributed by atoms with van der Waals surface area (Å²) in [4.78, 5) is 0. The Morgan fingerprint density at radius 1 is 1.05 bits per heavy atom. The van der Waals surface area contributed by atoms with E-state index in [2.05, 4.69) is 50.4 Å². The fourth-order valence-electron chi connectivity index (χ4n) is 3.56. The van der Waals surface area contributed by atoms with E-state index in [4.69, 9.17) is 4.74 Å². The van der Waals surface area contributed by atoms with Gasteiger partial charge in [-0.15, -0.1) is 0 Å². The summed E-state index contributed by atoms with van der Waals surface area (Å²) in [7, 11) is 0. The molecule has 0 heterocycles. The molecule has 118 valence electrons. The molecule has 21 heavy (non-hydrogen) atoms. The molecule has 0 saturated heterocycles. The van der Waals surface area contributed by atoms with Crippen molar-refractivity contribution >= 4 is 0 Å². The summed E-state index contributed by atoms with van der Waals surface area (Å²) in [6.45, 7) is 9.72. The molecule has 2 heteroatoms. The SMILES string of the molecule is CCNCCc1ccccc1COC1CC(C)CC(C)C1. The largest absolute Gasteiger partial charge is 0.374 e. The third kappa shape index (κ3) is 5.44. The highest BCUT2D eigenvalue weighted by molar-refractivity contribution is 5.26. The summed E-state index contributed by atoms with van der Waals surface area (Å²) < 4.78 is 6.24. The predicted molar refractivity (Wildman–Crippen MR) is 89.4 cm³/mol. The Balaban J connectivity index is 1.87. The van der Waals surface area contributed by atoms with Crippen LogP contribution in [0.4, 0.5) is 0 Å². The quantitative estimate of drug-likeness (QED) is 0.760. The normalized spacial score (nSPS) is 26.0. The maximum Gasteiger partial charge on any atom is 0.0723 e. The first-order valence-electron chi connectivity index (χ1n) is 8.58. The van der Waals surface area contributed by atoms with E-state index in [1.807, 2.05) is 0 Å². The van der Waals surface area contributed by atoms with Crippen LogP contribution in [0.15, 0.2) is 24.3 Å². The molecular formula is C19H31NO. The van der Waals surface area contributed by atoms with Gasteiger partial charge in [0.15, 0.2) is 0 Å². The molecule has 1 saturated carbocycles. The van der Waals surface area contributed by atoms with Gasteiger partial charge in [-0.2, -0.15) is 0 Å².